The maximum atomic E-state index is 12.3. The molecule has 1 unspecified atom stereocenters. The first kappa shape index (κ1) is 15.0. The minimum absolute atomic E-state index is 0.0548. The van der Waals surface area contributed by atoms with E-state index in [-0.39, 0.29) is 5.91 Å². The molecule has 0 aliphatic carbocycles. The molecule has 0 aromatic heterocycles. The maximum Gasteiger partial charge on any atom is 0.251 e. The Hall–Kier alpha value is -0.870. The van der Waals surface area contributed by atoms with E-state index < -0.39 is 0 Å². The number of amides is 1. The molecule has 1 aromatic carbocycles. The molecule has 21 heavy (non-hydrogen) atoms. The minimum atomic E-state index is 0.0548. The Morgan fingerprint density at radius 1 is 1.24 bits per heavy atom. The zero-order valence-corrected chi connectivity index (χ0v) is 14.0. The van der Waals surface area contributed by atoms with Crippen molar-refractivity contribution in [2.24, 2.45) is 5.92 Å². The molecule has 3 nitrogen and oxygen atoms in total. The summed E-state index contributed by atoms with van der Waals surface area (Å²) in [5.74, 6) is 0.712. The van der Waals surface area contributed by atoms with Crippen molar-refractivity contribution in [1.29, 1.82) is 0 Å². The predicted octanol–water partition coefficient (Wildman–Crippen LogP) is 2.03. The second-order valence-corrected chi connectivity index (χ2v) is 7.30. The highest BCUT2D eigenvalue weighted by Crippen LogP contribution is 2.20. The largest absolute Gasteiger partial charge is 0.352 e. The normalized spacial score (nSPS) is 28.7. The van der Waals surface area contributed by atoms with Gasteiger partial charge in [0.05, 0.1) is 19.1 Å². The molecule has 2 heterocycles. The number of quaternary nitrogens is 1. The van der Waals surface area contributed by atoms with Gasteiger partial charge in [-0.05, 0) is 50.3 Å². The van der Waals surface area contributed by atoms with Crippen LogP contribution < -0.4 is 10.2 Å². The minimum Gasteiger partial charge on any atom is -0.352 e. The van der Waals surface area contributed by atoms with Gasteiger partial charge in [-0.2, -0.15) is 0 Å². The number of fused-ring (bicyclic) bond motifs is 1. The molecule has 2 N–H and O–H groups in total. The van der Waals surface area contributed by atoms with E-state index in [0.29, 0.717) is 5.92 Å². The molecule has 2 fully saturated rings. The smallest absolute Gasteiger partial charge is 0.251 e. The Morgan fingerprint density at radius 2 is 2.10 bits per heavy atom. The molecule has 2 aliphatic rings. The third-order valence-electron chi connectivity index (χ3n) is 5.04. The molecule has 2 saturated heterocycles. The first-order valence-corrected chi connectivity index (χ1v) is 8.91. The van der Waals surface area contributed by atoms with Crippen LogP contribution in [0, 0.1) is 5.92 Å². The van der Waals surface area contributed by atoms with Crippen LogP contribution in [-0.2, 0) is 0 Å². The summed E-state index contributed by atoms with van der Waals surface area (Å²) in [5.41, 5.74) is 0.744. The molecule has 2 aliphatic heterocycles. The van der Waals surface area contributed by atoms with Gasteiger partial charge >= 0.3 is 0 Å². The zero-order chi connectivity index (χ0) is 14.7. The predicted molar refractivity (Wildman–Crippen MR) is 87.5 cm³/mol. The van der Waals surface area contributed by atoms with Crippen molar-refractivity contribution in [1.82, 2.24) is 5.32 Å². The van der Waals surface area contributed by atoms with Gasteiger partial charge in [-0.25, -0.2) is 0 Å². The van der Waals surface area contributed by atoms with E-state index in [9.17, 15) is 4.79 Å². The third-order valence-corrected chi connectivity index (χ3v) is 5.53. The Kier molecular flexibility index (Phi) is 4.96. The number of carbonyl (C=O) groups is 1. The van der Waals surface area contributed by atoms with Crippen molar-refractivity contribution in [3.05, 3.63) is 34.3 Å². The van der Waals surface area contributed by atoms with E-state index >= 15 is 0 Å². The SMILES string of the molecule is O=C(NC[C@@H]1CCC[NH+]2CCCC[C@@H]12)c1cccc(Br)c1. The number of halogens is 1. The molecule has 114 valence electrons. The van der Waals surface area contributed by atoms with E-state index in [2.05, 4.69) is 21.2 Å². The lowest BCUT2D eigenvalue weighted by Gasteiger charge is -2.41. The van der Waals surface area contributed by atoms with Crippen LogP contribution in [0.5, 0.6) is 0 Å². The fourth-order valence-corrected chi connectivity index (χ4v) is 4.38. The van der Waals surface area contributed by atoms with Gasteiger partial charge in [0.25, 0.3) is 5.91 Å². The van der Waals surface area contributed by atoms with Crippen LogP contribution in [0.15, 0.2) is 28.7 Å². The molecule has 3 rings (SSSR count). The summed E-state index contributed by atoms with van der Waals surface area (Å²) in [6.07, 6.45) is 6.66. The van der Waals surface area contributed by atoms with Crippen LogP contribution in [0.4, 0.5) is 0 Å². The second kappa shape index (κ2) is 6.93. The molecule has 0 radical (unpaired) electrons. The van der Waals surface area contributed by atoms with Crippen molar-refractivity contribution in [3.63, 3.8) is 0 Å². The first-order valence-electron chi connectivity index (χ1n) is 8.12. The molecule has 0 saturated carbocycles. The lowest BCUT2D eigenvalue weighted by Crippen LogP contribution is -3.18. The first-order chi connectivity index (χ1) is 10.2. The van der Waals surface area contributed by atoms with E-state index in [1.165, 1.54) is 45.2 Å². The lowest BCUT2D eigenvalue weighted by molar-refractivity contribution is -0.939. The van der Waals surface area contributed by atoms with Gasteiger partial charge in [0, 0.05) is 22.5 Å². The summed E-state index contributed by atoms with van der Waals surface area (Å²) in [5, 5.41) is 3.16. The summed E-state index contributed by atoms with van der Waals surface area (Å²) < 4.78 is 0.954. The number of rotatable bonds is 3. The third kappa shape index (κ3) is 3.67. The Bertz CT molecular complexity index is 503. The average Bonchev–Trinajstić information content (AvgIpc) is 2.52. The van der Waals surface area contributed by atoms with Crippen LogP contribution in [0.3, 0.4) is 0 Å². The van der Waals surface area contributed by atoms with E-state index in [1.807, 2.05) is 24.3 Å². The van der Waals surface area contributed by atoms with Gasteiger partial charge < -0.3 is 10.2 Å². The van der Waals surface area contributed by atoms with Crippen LogP contribution in [0.1, 0.15) is 42.5 Å². The zero-order valence-electron chi connectivity index (χ0n) is 12.4. The van der Waals surface area contributed by atoms with Crippen molar-refractivity contribution in [3.8, 4) is 0 Å². The van der Waals surface area contributed by atoms with Crippen molar-refractivity contribution in [2.75, 3.05) is 19.6 Å². The standard InChI is InChI=1S/C17H23BrN2O/c18-15-7-3-5-13(11-15)17(21)19-12-14-6-4-10-20-9-2-1-8-16(14)20/h3,5,7,11,14,16H,1-2,4,6,8-10,12H2,(H,19,21)/p+1/t14-,16-/m0/s1. The number of benzene rings is 1. The highest BCUT2D eigenvalue weighted by Gasteiger charge is 2.36. The molecular weight excluding hydrogens is 328 g/mol. The van der Waals surface area contributed by atoms with Gasteiger partial charge in [-0.15, -0.1) is 0 Å². The summed E-state index contributed by atoms with van der Waals surface area (Å²) >= 11 is 3.42. The molecule has 0 bridgehead atoms. The van der Waals surface area contributed by atoms with E-state index in [4.69, 9.17) is 0 Å². The molecular formula is C17H24BrN2O+. The molecule has 1 aromatic rings. The summed E-state index contributed by atoms with van der Waals surface area (Å²) in [6, 6.07) is 8.39. The lowest BCUT2D eigenvalue weighted by atomic mass is 9.83. The Balaban J connectivity index is 1.57. The van der Waals surface area contributed by atoms with Crippen molar-refractivity contribution in [2.45, 2.75) is 38.1 Å². The van der Waals surface area contributed by atoms with Crippen LogP contribution >= 0.6 is 15.9 Å². The number of hydrogen-bond donors (Lipinski definition) is 2. The topological polar surface area (TPSA) is 33.5 Å². The highest BCUT2D eigenvalue weighted by atomic mass is 79.9. The van der Waals surface area contributed by atoms with Crippen molar-refractivity contribution < 1.29 is 9.69 Å². The van der Waals surface area contributed by atoms with Gasteiger partial charge in [0.2, 0.25) is 0 Å². The van der Waals surface area contributed by atoms with E-state index in [0.717, 1.165) is 22.6 Å². The fourth-order valence-electron chi connectivity index (χ4n) is 3.98. The Labute approximate surface area is 135 Å². The van der Waals surface area contributed by atoms with Crippen LogP contribution in [0.25, 0.3) is 0 Å². The number of carbonyl (C=O) groups excluding carboxylic acids is 1. The van der Waals surface area contributed by atoms with Gasteiger partial charge in [0.15, 0.2) is 0 Å². The number of piperidine rings is 2. The molecule has 1 amide bonds. The van der Waals surface area contributed by atoms with E-state index in [1.54, 1.807) is 4.90 Å². The van der Waals surface area contributed by atoms with Gasteiger partial charge in [-0.3, -0.25) is 4.79 Å². The maximum absolute atomic E-state index is 12.3. The number of hydrogen-bond acceptors (Lipinski definition) is 1. The molecule has 4 heteroatoms. The summed E-state index contributed by atoms with van der Waals surface area (Å²) in [6.45, 7) is 3.50. The molecule has 0 spiro atoms. The summed E-state index contributed by atoms with van der Waals surface area (Å²) in [7, 11) is 0. The van der Waals surface area contributed by atoms with Crippen molar-refractivity contribution >= 4 is 21.8 Å². The van der Waals surface area contributed by atoms with Gasteiger partial charge in [-0.1, -0.05) is 22.0 Å². The summed E-state index contributed by atoms with van der Waals surface area (Å²) in [4.78, 5) is 14.0. The second-order valence-electron chi connectivity index (χ2n) is 6.38. The molecule has 3 atom stereocenters. The monoisotopic (exact) mass is 351 g/mol. The van der Waals surface area contributed by atoms with Crippen LogP contribution in [-0.4, -0.2) is 31.6 Å². The Morgan fingerprint density at radius 3 is 2.95 bits per heavy atom. The quantitative estimate of drug-likeness (QED) is 0.858. The number of nitrogens with one attached hydrogen (secondary N) is 2. The highest BCUT2D eigenvalue weighted by molar-refractivity contribution is 9.10. The van der Waals surface area contributed by atoms with Crippen LogP contribution in [0.2, 0.25) is 0 Å². The fraction of sp³-hybridized carbons (Fsp3) is 0.588. The average molecular weight is 352 g/mol. The van der Waals surface area contributed by atoms with Gasteiger partial charge in [0.1, 0.15) is 0 Å².